The highest BCUT2D eigenvalue weighted by Crippen LogP contribution is 2.37. The van der Waals surface area contributed by atoms with E-state index in [0.717, 1.165) is 5.56 Å². The van der Waals surface area contributed by atoms with Crippen LogP contribution in [0.4, 0.5) is 26.3 Å². The molecule has 2 aromatic rings. The van der Waals surface area contributed by atoms with Crippen molar-refractivity contribution in [2.24, 2.45) is 17.5 Å². The topological polar surface area (TPSA) is 73.7 Å². The van der Waals surface area contributed by atoms with Gasteiger partial charge in [-0.2, -0.15) is 26.3 Å². The first-order valence-electron chi connectivity index (χ1n) is 9.19. The molecule has 0 aliphatic rings. The number of rotatable bonds is 8. The molecule has 0 bridgehead atoms. The number of halogens is 6. The van der Waals surface area contributed by atoms with Crippen LogP contribution in [0.3, 0.4) is 0 Å². The van der Waals surface area contributed by atoms with Crippen LogP contribution in [-0.4, -0.2) is 30.6 Å². The van der Waals surface area contributed by atoms with Gasteiger partial charge in [-0.25, -0.2) is 5.84 Å². The van der Waals surface area contributed by atoms with E-state index in [-0.39, 0.29) is 12.0 Å². The number of benzene rings is 2. The summed E-state index contributed by atoms with van der Waals surface area (Å²) < 4.78 is 84.8. The first-order valence-corrected chi connectivity index (χ1v) is 9.19. The van der Waals surface area contributed by atoms with E-state index in [1.807, 2.05) is 13.8 Å². The van der Waals surface area contributed by atoms with Crippen molar-refractivity contribution in [2.45, 2.75) is 32.2 Å². The predicted molar refractivity (Wildman–Crippen MR) is 104 cm³/mol. The number of nitrogens with zero attached hydrogens (tertiary/aromatic N) is 1. The van der Waals surface area contributed by atoms with E-state index in [1.54, 1.807) is 18.2 Å². The number of hydrogen-bond donors (Lipinski definition) is 2. The summed E-state index contributed by atoms with van der Waals surface area (Å²) in [6.07, 6.45) is -6.59. The van der Waals surface area contributed by atoms with Gasteiger partial charge in [0.2, 0.25) is 0 Å². The second-order valence-electron chi connectivity index (χ2n) is 7.19. The van der Waals surface area contributed by atoms with Crippen molar-refractivity contribution in [3.05, 3.63) is 48.3 Å². The highest BCUT2D eigenvalue weighted by molar-refractivity contribution is 5.86. The molecule has 0 fully saturated rings. The number of alkyl halides is 6. The average molecular weight is 451 g/mol. The number of nitrogens with two attached hydrogens (primary N) is 2. The van der Waals surface area contributed by atoms with Gasteiger partial charge in [0.25, 0.3) is 0 Å². The maximum atomic E-state index is 12.6. The molecule has 31 heavy (non-hydrogen) atoms. The average Bonchev–Trinajstić information content (AvgIpc) is 2.63. The van der Waals surface area contributed by atoms with Gasteiger partial charge in [0.1, 0.15) is 0 Å². The van der Waals surface area contributed by atoms with E-state index in [2.05, 4.69) is 0 Å². The number of ether oxygens (including phenoxy) is 2. The summed E-state index contributed by atoms with van der Waals surface area (Å²) in [6, 6.07) is 7.13. The third-order valence-electron chi connectivity index (χ3n) is 4.26. The van der Waals surface area contributed by atoms with Crippen molar-refractivity contribution in [1.82, 2.24) is 5.01 Å². The standard InChI is InChI=1S/C20H23F6N3O2/c1-12(2)18(29(28)6-5-27)14-4-3-13-8-16(30-10-19(21,22)23)17(9-15(13)7-14)31-11-20(24,25)26/h3-9,12,18H,10-11,27-28H2,1-2H3/b6-5-. The minimum atomic E-state index is -4.67. The van der Waals surface area contributed by atoms with Crippen LogP contribution in [0.1, 0.15) is 25.5 Å². The minimum absolute atomic E-state index is 0.0361. The largest absolute Gasteiger partial charge is 0.480 e. The molecular weight excluding hydrogens is 428 g/mol. The van der Waals surface area contributed by atoms with Crippen molar-refractivity contribution in [1.29, 1.82) is 0 Å². The molecule has 0 spiro atoms. The molecule has 0 saturated carbocycles. The molecule has 2 aromatic carbocycles. The lowest BCUT2D eigenvalue weighted by molar-refractivity contribution is -0.158. The Bertz CT molecular complexity index is 912. The molecule has 1 unspecified atom stereocenters. The summed E-state index contributed by atoms with van der Waals surface area (Å²) in [6.45, 7) is 0.505. The maximum Gasteiger partial charge on any atom is 0.422 e. The lowest BCUT2D eigenvalue weighted by Crippen LogP contribution is -2.33. The molecule has 0 heterocycles. The summed E-state index contributed by atoms with van der Waals surface area (Å²) in [5.74, 6) is 5.18. The van der Waals surface area contributed by atoms with E-state index >= 15 is 0 Å². The van der Waals surface area contributed by atoms with E-state index in [4.69, 9.17) is 21.1 Å². The second kappa shape index (κ2) is 9.54. The van der Waals surface area contributed by atoms with Crippen molar-refractivity contribution < 1.29 is 35.8 Å². The Balaban J connectivity index is 2.50. The Morgan fingerprint density at radius 1 is 0.903 bits per heavy atom. The van der Waals surface area contributed by atoms with Crippen molar-refractivity contribution in [2.75, 3.05) is 13.2 Å². The van der Waals surface area contributed by atoms with Crippen molar-refractivity contribution in [3.8, 4) is 11.5 Å². The Morgan fingerprint density at radius 3 is 1.87 bits per heavy atom. The van der Waals surface area contributed by atoms with Gasteiger partial charge in [0.15, 0.2) is 24.7 Å². The summed E-state index contributed by atoms with van der Waals surface area (Å²) in [7, 11) is 0. The quantitative estimate of drug-likeness (QED) is 0.335. The van der Waals surface area contributed by atoms with Crippen molar-refractivity contribution in [3.63, 3.8) is 0 Å². The van der Waals surface area contributed by atoms with Gasteiger partial charge < -0.3 is 20.2 Å². The maximum absolute atomic E-state index is 12.6. The van der Waals surface area contributed by atoms with Gasteiger partial charge in [-0.3, -0.25) is 0 Å². The van der Waals surface area contributed by atoms with Crippen LogP contribution in [0.25, 0.3) is 10.8 Å². The Hall–Kier alpha value is -2.82. The van der Waals surface area contributed by atoms with E-state index < -0.39 is 37.1 Å². The normalized spacial score (nSPS) is 13.7. The first-order chi connectivity index (χ1) is 14.3. The minimum Gasteiger partial charge on any atom is -0.480 e. The zero-order valence-corrected chi connectivity index (χ0v) is 16.8. The fourth-order valence-corrected chi connectivity index (χ4v) is 3.10. The molecule has 0 aromatic heterocycles. The molecule has 5 nitrogen and oxygen atoms in total. The molecule has 4 N–H and O–H groups in total. The third kappa shape index (κ3) is 7.12. The molecule has 0 saturated heterocycles. The van der Waals surface area contributed by atoms with Crippen LogP contribution in [0.5, 0.6) is 11.5 Å². The smallest absolute Gasteiger partial charge is 0.422 e. The van der Waals surface area contributed by atoms with E-state index in [1.165, 1.54) is 29.5 Å². The van der Waals surface area contributed by atoms with Gasteiger partial charge in [-0.15, -0.1) is 0 Å². The zero-order valence-electron chi connectivity index (χ0n) is 16.8. The van der Waals surface area contributed by atoms with Crippen LogP contribution in [0.2, 0.25) is 0 Å². The van der Waals surface area contributed by atoms with Gasteiger partial charge in [-0.1, -0.05) is 26.0 Å². The number of fused-ring (bicyclic) bond motifs is 1. The summed E-state index contributed by atoms with van der Waals surface area (Å²) in [4.78, 5) is 0. The first kappa shape index (κ1) is 24.4. The molecule has 172 valence electrons. The van der Waals surface area contributed by atoms with Crippen LogP contribution in [0, 0.1) is 5.92 Å². The van der Waals surface area contributed by atoms with Gasteiger partial charge >= 0.3 is 12.4 Å². The van der Waals surface area contributed by atoms with Crippen molar-refractivity contribution >= 4 is 10.8 Å². The second-order valence-corrected chi connectivity index (χ2v) is 7.19. The fraction of sp³-hybridized carbons (Fsp3) is 0.400. The van der Waals surface area contributed by atoms with Crippen LogP contribution in [-0.2, 0) is 0 Å². The SMILES string of the molecule is CC(C)C(c1ccc2cc(OCC(F)(F)F)c(OCC(F)(F)F)cc2c1)N(N)/C=C\N. The monoisotopic (exact) mass is 451 g/mol. The Labute approximate surface area is 175 Å². The molecule has 0 radical (unpaired) electrons. The van der Waals surface area contributed by atoms with E-state index in [0.29, 0.717) is 10.8 Å². The molecule has 1 atom stereocenters. The zero-order chi connectivity index (χ0) is 23.4. The molecule has 0 amide bonds. The highest BCUT2D eigenvalue weighted by Gasteiger charge is 2.31. The van der Waals surface area contributed by atoms with Gasteiger partial charge in [0, 0.05) is 12.4 Å². The fourth-order valence-electron chi connectivity index (χ4n) is 3.10. The predicted octanol–water partition coefficient (Wildman–Crippen LogP) is 5.02. The third-order valence-corrected chi connectivity index (χ3v) is 4.26. The van der Waals surface area contributed by atoms with Crippen LogP contribution < -0.4 is 21.1 Å². The molecular formula is C20H23F6N3O2. The van der Waals surface area contributed by atoms with E-state index in [9.17, 15) is 26.3 Å². The van der Waals surface area contributed by atoms with Gasteiger partial charge in [0.05, 0.1) is 6.04 Å². The highest BCUT2D eigenvalue weighted by atomic mass is 19.4. The summed E-state index contributed by atoms with van der Waals surface area (Å²) in [5, 5.41) is 2.30. The van der Waals surface area contributed by atoms with Gasteiger partial charge in [-0.05, 0) is 40.5 Å². The number of hydrazine groups is 1. The van der Waals surface area contributed by atoms with Crippen LogP contribution >= 0.6 is 0 Å². The molecule has 0 aliphatic heterocycles. The van der Waals surface area contributed by atoms with Crippen LogP contribution in [0.15, 0.2) is 42.7 Å². The molecule has 2 rings (SSSR count). The lowest BCUT2D eigenvalue weighted by atomic mass is 9.93. The lowest BCUT2D eigenvalue weighted by Gasteiger charge is -2.30. The summed E-state index contributed by atoms with van der Waals surface area (Å²) >= 11 is 0. The number of hydrogen-bond acceptors (Lipinski definition) is 5. The Kier molecular flexibility index (Phi) is 7.53. The summed E-state index contributed by atoms with van der Waals surface area (Å²) in [5.41, 5.74) is 6.13. The molecule has 11 heteroatoms. The Morgan fingerprint density at radius 2 is 1.42 bits per heavy atom. The molecule has 0 aliphatic carbocycles.